The van der Waals surface area contributed by atoms with E-state index in [1.165, 1.54) is 36.8 Å². The number of unbranched alkanes of at least 4 members (excludes halogenated alkanes) is 3. The molecule has 1 nitrogen and oxygen atoms in total. The van der Waals surface area contributed by atoms with Crippen molar-refractivity contribution in [1.82, 2.24) is 0 Å². The van der Waals surface area contributed by atoms with Crippen LogP contribution in [0.15, 0.2) is 53.0 Å². The van der Waals surface area contributed by atoms with Gasteiger partial charge in [0.2, 0.25) is 0 Å². The lowest BCUT2D eigenvalue weighted by Gasteiger charge is -2.03. The molecule has 0 aromatic heterocycles. The number of aliphatic imine (C=N–C) groups is 1. The van der Waals surface area contributed by atoms with E-state index in [-0.39, 0.29) is 0 Å². The summed E-state index contributed by atoms with van der Waals surface area (Å²) in [7, 11) is 1.80. The Bertz CT molecular complexity index is 413. The van der Waals surface area contributed by atoms with Crippen LogP contribution in [0.2, 0.25) is 0 Å². The maximum absolute atomic E-state index is 3.99. The SMILES string of the molecule is CCCCCCC(/C=C/C=N\C)=C\c1ccccc1. The highest BCUT2D eigenvalue weighted by Crippen LogP contribution is 2.15. The standard InChI is InChI=1S/C18H25N/c1-3-4-5-7-11-18(14-10-15-19-2)16-17-12-8-6-9-13-17/h6,8-10,12-16H,3-5,7,11H2,1-2H3/b14-10+,18-16+,19-15-. The van der Waals surface area contributed by atoms with E-state index in [1.807, 2.05) is 12.3 Å². The predicted octanol–water partition coefficient (Wildman–Crippen LogP) is 5.30. The first-order valence-electron chi connectivity index (χ1n) is 7.21. The van der Waals surface area contributed by atoms with Crippen molar-refractivity contribution in [3.63, 3.8) is 0 Å². The van der Waals surface area contributed by atoms with Crippen LogP contribution in [-0.2, 0) is 0 Å². The van der Waals surface area contributed by atoms with E-state index in [4.69, 9.17) is 0 Å². The number of nitrogens with zero attached hydrogens (tertiary/aromatic N) is 1. The van der Waals surface area contributed by atoms with E-state index >= 15 is 0 Å². The zero-order chi connectivity index (χ0) is 13.8. The molecular weight excluding hydrogens is 230 g/mol. The fourth-order valence-electron chi connectivity index (χ4n) is 1.98. The van der Waals surface area contributed by atoms with Crippen LogP contribution >= 0.6 is 0 Å². The van der Waals surface area contributed by atoms with Gasteiger partial charge in [-0.25, -0.2) is 0 Å². The quantitative estimate of drug-likeness (QED) is 0.340. The Labute approximate surface area is 117 Å². The third kappa shape index (κ3) is 7.40. The molecule has 0 aliphatic rings. The van der Waals surface area contributed by atoms with Crippen LogP contribution in [0.4, 0.5) is 0 Å². The van der Waals surface area contributed by atoms with Gasteiger partial charge in [0, 0.05) is 13.3 Å². The van der Waals surface area contributed by atoms with Gasteiger partial charge in [-0.05, 0) is 30.1 Å². The van der Waals surface area contributed by atoms with Crippen molar-refractivity contribution < 1.29 is 0 Å². The molecule has 0 spiro atoms. The third-order valence-electron chi connectivity index (χ3n) is 3.02. The lowest BCUT2D eigenvalue weighted by molar-refractivity contribution is 0.669. The van der Waals surface area contributed by atoms with Crippen molar-refractivity contribution >= 4 is 12.3 Å². The summed E-state index contributed by atoms with van der Waals surface area (Å²) in [5, 5.41) is 0. The second kappa shape index (κ2) is 10.3. The lowest BCUT2D eigenvalue weighted by Crippen LogP contribution is -1.83. The molecule has 0 unspecified atom stereocenters. The second-order valence-corrected chi connectivity index (χ2v) is 4.71. The minimum atomic E-state index is 1.14. The van der Waals surface area contributed by atoms with Crippen LogP contribution < -0.4 is 0 Å². The molecule has 0 aliphatic carbocycles. The van der Waals surface area contributed by atoms with Gasteiger partial charge in [0.25, 0.3) is 0 Å². The van der Waals surface area contributed by atoms with Gasteiger partial charge in [0.1, 0.15) is 0 Å². The van der Waals surface area contributed by atoms with Crippen LogP contribution in [0.5, 0.6) is 0 Å². The Kier molecular flexibility index (Phi) is 8.37. The Balaban J connectivity index is 2.65. The monoisotopic (exact) mass is 255 g/mol. The minimum Gasteiger partial charge on any atom is -0.297 e. The first-order chi connectivity index (χ1) is 9.36. The highest BCUT2D eigenvalue weighted by atomic mass is 14.6. The van der Waals surface area contributed by atoms with Crippen molar-refractivity contribution in [2.75, 3.05) is 7.05 Å². The fraction of sp³-hybridized carbons (Fsp3) is 0.389. The summed E-state index contributed by atoms with van der Waals surface area (Å²) in [6.45, 7) is 2.25. The number of benzene rings is 1. The maximum Gasteiger partial charge on any atom is 0.0277 e. The predicted molar refractivity (Wildman–Crippen MR) is 86.7 cm³/mol. The first-order valence-corrected chi connectivity index (χ1v) is 7.21. The first kappa shape index (κ1) is 15.4. The summed E-state index contributed by atoms with van der Waals surface area (Å²) in [5.41, 5.74) is 2.65. The molecule has 102 valence electrons. The normalized spacial score (nSPS) is 12.6. The highest BCUT2D eigenvalue weighted by Gasteiger charge is 1.95. The van der Waals surface area contributed by atoms with Crippen molar-refractivity contribution in [3.05, 3.63) is 53.6 Å². The average Bonchev–Trinajstić information content (AvgIpc) is 2.44. The Hall–Kier alpha value is -1.63. The molecule has 0 saturated carbocycles. The van der Waals surface area contributed by atoms with Crippen LogP contribution in [0, 0.1) is 0 Å². The van der Waals surface area contributed by atoms with Crippen LogP contribution in [0.1, 0.15) is 44.6 Å². The molecule has 0 aliphatic heterocycles. The molecule has 1 heteroatoms. The fourth-order valence-corrected chi connectivity index (χ4v) is 1.98. The Morgan fingerprint density at radius 3 is 2.58 bits per heavy atom. The summed E-state index contributed by atoms with van der Waals surface area (Å²) < 4.78 is 0. The summed E-state index contributed by atoms with van der Waals surface area (Å²) in [5.74, 6) is 0. The minimum absolute atomic E-state index is 1.14. The molecular formula is C18H25N. The number of rotatable bonds is 8. The van der Waals surface area contributed by atoms with E-state index < -0.39 is 0 Å². The van der Waals surface area contributed by atoms with Crippen molar-refractivity contribution in [2.45, 2.75) is 39.0 Å². The zero-order valence-corrected chi connectivity index (χ0v) is 12.2. The number of hydrogen-bond acceptors (Lipinski definition) is 1. The molecule has 1 rings (SSSR count). The lowest BCUT2D eigenvalue weighted by atomic mass is 10.0. The number of hydrogen-bond donors (Lipinski definition) is 0. The summed E-state index contributed by atoms with van der Waals surface area (Å²) >= 11 is 0. The van der Waals surface area contributed by atoms with Gasteiger partial charge >= 0.3 is 0 Å². The van der Waals surface area contributed by atoms with Crippen LogP contribution in [0.25, 0.3) is 6.08 Å². The van der Waals surface area contributed by atoms with Gasteiger partial charge in [-0.3, -0.25) is 4.99 Å². The van der Waals surface area contributed by atoms with Crippen LogP contribution in [0.3, 0.4) is 0 Å². The zero-order valence-electron chi connectivity index (χ0n) is 12.2. The Morgan fingerprint density at radius 2 is 1.89 bits per heavy atom. The van der Waals surface area contributed by atoms with E-state index in [0.29, 0.717) is 0 Å². The molecule has 0 fully saturated rings. The van der Waals surface area contributed by atoms with Crippen molar-refractivity contribution in [2.24, 2.45) is 4.99 Å². The average molecular weight is 255 g/mol. The van der Waals surface area contributed by atoms with Gasteiger partial charge in [0.05, 0.1) is 0 Å². The smallest absolute Gasteiger partial charge is 0.0277 e. The van der Waals surface area contributed by atoms with Gasteiger partial charge in [-0.1, -0.05) is 68.7 Å². The van der Waals surface area contributed by atoms with Crippen molar-refractivity contribution in [1.29, 1.82) is 0 Å². The summed E-state index contributed by atoms with van der Waals surface area (Å²) in [4.78, 5) is 3.99. The molecule has 0 heterocycles. The van der Waals surface area contributed by atoms with Gasteiger partial charge < -0.3 is 0 Å². The molecule has 0 N–H and O–H groups in total. The maximum atomic E-state index is 3.99. The molecule has 0 saturated heterocycles. The van der Waals surface area contributed by atoms with E-state index in [2.05, 4.69) is 54.4 Å². The summed E-state index contributed by atoms with van der Waals surface area (Å²) in [6, 6.07) is 10.5. The molecule has 1 aromatic carbocycles. The van der Waals surface area contributed by atoms with Gasteiger partial charge in [-0.15, -0.1) is 0 Å². The molecule has 1 aromatic rings. The molecule has 0 bridgehead atoms. The third-order valence-corrected chi connectivity index (χ3v) is 3.02. The van der Waals surface area contributed by atoms with Crippen molar-refractivity contribution in [3.8, 4) is 0 Å². The topological polar surface area (TPSA) is 12.4 Å². The highest BCUT2D eigenvalue weighted by molar-refractivity contribution is 5.72. The van der Waals surface area contributed by atoms with Gasteiger partial charge in [-0.2, -0.15) is 0 Å². The number of allylic oxidation sites excluding steroid dienone is 3. The van der Waals surface area contributed by atoms with E-state index in [9.17, 15) is 0 Å². The van der Waals surface area contributed by atoms with E-state index in [0.717, 1.165) is 6.42 Å². The molecule has 0 amide bonds. The van der Waals surface area contributed by atoms with Crippen LogP contribution in [-0.4, -0.2) is 13.3 Å². The molecule has 19 heavy (non-hydrogen) atoms. The largest absolute Gasteiger partial charge is 0.297 e. The second-order valence-electron chi connectivity index (χ2n) is 4.71. The molecule has 0 atom stereocenters. The summed E-state index contributed by atoms with van der Waals surface area (Å²) in [6.07, 6.45) is 14.6. The van der Waals surface area contributed by atoms with E-state index in [1.54, 1.807) is 7.05 Å². The Morgan fingerprint density at radius 1 is 1.11 bits per heavy atom. The molecule has 0 radical (unpaired) electrons. The van der Waals surface area contributed by atoms with Gasteiger partial charge in [0.15, 0.2) is 0 Å².